The van der Waals surface area contributed by atoms with E-state index in [1.807, 2.05) is 11.8 Å². The molecule has 124 valence electrons. The van der Waals surface area contributed by atoms with E-state index in [1.165, 1.54) is 49.6 Å². The van der Waals surface area contributed by atoms with Crippen LogP contribution in [-0.4, -0.2) is 73.5 Å². The van der Waals surface area contributed by atoms with Crippen LogP contribution < -0.4 is 0 Å². The Morgan fingerprint density at radius 1 is 1.14 bits per heavy atom. The van der Waals surface area contributed by atoms with Crippen molar-refractivity contribution in [3.63, 3.8) is 0 Å². The molecule has 0 saturated carbocycles. The smallest absolute Gasteiger partial charge is 0.0313 e. The molecule has 1 fully saturated rings. The van der Waals surface area contributed by atoms with Crippen molar-refractivity contribution in [2.24, 2.45) is 0 Å². The molecule has 0 spiro atoms. The fourth-order valence-electron chi connectivity index (χ4n) is 2.90. The average molecular weight is 322 g/mol. The fourth-order valence-corrected chi connectivity index (χ4v) is 3.34. The summed E-state index contributed by atoms with van der Waals surface area (Å²) in [5.41, 5.74) is 2.87. The summed E-state index contributed by atoms with van der Waals surface area (Å²) in [5.74, 6) is 1.25. The van der Waals surface area contributed by atoms with Crippen molar-refractivity contribution in [1.82, 2.24) is 14.7 Å². The predicted octanol–water partition coefficient (Wildman–Crippen LogP) is 2.79. The second-order valence-electron chi connectivity index (χ2n) is 6.50. The van der Waals surface area contributed by atoms with Gasteiger partial charge in [-0.25, -0.2) is 0 Å². The lowest BCUT2D eigenvalue weighted by atomic mass is 10.0. The zero-order valence-electron chi connectivity index (χ0n) is 14.6. The van der Waals surface area contributed by atoms with E-state index in [4.69, 9.17) is 0 Å². The van der Waals surface area contributed by atoms with E-state index in [2.05, 4.69) is 66.2 Å². The molecule has 3 nitrogen and oxygen atoms in total. The average Bonchev–Trinajstić information content (AvgIpc) is 2.53. The maximum absolute atomic E-state index is 2.59. The van der Waals surface area contributed by atoms with Crippen LogP contribution in [0.2, 0.25) is 0 Å². The van der Waals surface area contributed by atoms with Gasteiger partial charge in [-0.3, -0.25) is 9.80 Å². The third kappa shape index (κ3) is 5.27. The second kappa shape index (κ2) is 8.92. The first-order valence-corrected chi connectivity index (χ1v) is 9.68. The van der Waals surface area contributed by atoms with Crippen LogP contribution in [0.25, 0.3) is 0 Å². The first kappa shape index (κ1) is 17.8. The summed E-state index contributed by atoms with van der Waals surface area (Å²) in [7, 11) is 4.29. The minimum Gasteiger partial charge on any atom is -0.303 e. The quantitative estimate of drug-likeness (QED) is 0.763. The minimum atomic E-state index is 0.475. The highest BCUT2D eigenvalue weighted by Crippen LogP contribution is 2.19. The Kier molecular flexibility index (Phi) is 7.22. The molecule has 0 aromatic heterocycles. The van der Waals surface area contributed by atoms with E-state index < -0.39 is 0 Å². The summed E-state index contributed by atoms with van der Waals surface area (Å²) in [6.45, 7) is 9.42. The van der Waals surface area contributed by atoms with Crippen molar-refractivity contribution in [1.29, 1.82) is 0 Å². The molecule has 1 aliphatic rings. The van der Waals surface area contributed by atoms with Gasteiger partial charge in [-0.1, -0.05) is 24.3 Å². The van der Waals surface area contributed by atoms with Crippen LogP contribution in [0.15, 0.2) is 24.3 Å². The van der Waals surface area contributed by atoms with Crippen LogP contribution in [0.5, 0.6) is 0 Å². The number of hydrogen-bond donors (Lipinski definition) is 0. The summed E-state index contributed by atoms with van der Waals surface area (Å²) < 4.78 is 0. The topological polar surface area (TPSA) is 9.72 Å². The Labute approximate surface area is 140 Å². The van der Waals surface area contributed by atoms with Crippen LogP contribution in [0.3, 0.4) is 0 Å². The summed E-state index contributed by atoms with van der Waals surface area (Å²) in [4.78, 5) is 7.45. The second-order valence-corrected chi connectivity index (χ2v) is 7.48. The van der Waals surface area contributed by atoms with E-state index in [0.717, 1.165) is 6.54 Å². The van der Waals surface area contributed by atoms with Gasteiger partial charge in [0.15, 0.2) is 0 Å². The first-order valence-electron chi connectivity index (χ1n) is 8.29. The maximum atomic E-state index is 2.59. The van der Waals surface area contributed by atoms with Crippen molar-refractivity contribution in [2.75, 3.05) is 58.8 Å². The zero-order chi connectivity index (χ0) is 15.9. The minimum absolute atomic E-state index is 0.475. The zero-order valence-corrected chi connectivity index (χ0v) is 15.4. The van der Waals surface area contributed by atoms with Crippen molar-refractivity contribution in [3.05, 3.63) is 35.4 Å². The van der Waals surface area contributed by atoms with Crippen LogP contribution >= 0.6 is 11.8 Å². The van der Waals surface area contributed by atoms with Gasteiger partial charge >= 0.3 is 0 Å². The van der Waals surface area contributed by atoms with Gasteiger partial charge in [-0.2, -0.15) is 11.8 Å². The summed E-state index contributed by atoms with van der Waals surface area (Å²) >= 11 is 1.95. The molecule has 4 heteroatoms. The Morgan fingerprint density at radius 2 is 1.82 bits per heavy atom. The molecule has 2 rings (SSSR count). The molecule has 0 N–H and O–H groups in total. The molecule has 1 atom stereocenters. The van der Waals surface area contributed by atoms with Gasteiger partial charge in [-0.15, -0.1) is 0 Å². The van der Waals surface area contributed by atoms with Crippen LogP contribution in [0.1, 0.15) is 24.1 Å². The van der Waals surface area contributed by atoms with Gasteiger partial charge in [0.1, 0.15) is 0 Å². The normalized spacial score (nSPS) is 18.8. The predicted molar refractivity (Wildman–Crippen MR) is 98.6 cm³/mol. The van der Waals surface area contributed by atoms with Gasteiger partial charge in [0.2, 0.25) is 0 Å². The molecule has 0 unspecified atom stereocenters. The van der Waals surface area contributed by atoms with Crippen molar-refractivity contribution >= 4 is 11.8 Å². The Bertz CT molecular complexity index is 442. The van der Waals surface area contributed by atoms with Gasteiger partial charge in [0.05, 0.1) is 0 Å². The molecular weight excluding hydrogens is 290 g/mol. The van der Waals surface area contributed by atoms with Crippen molar-refractivity contribution in [3.8, 4) is 0 Å². The lowest BCUT2D eigenvalue weighted by Gasteiger charge is -2.34. The number of piperazine rings is 1. The van der Waals surface area contributed by atoms with Crippen molar-refractivity contribution in [2.45, 2.75) is 19.5 Å². The summed E-state index contributed by atoms with van der Waals surface area (Å²) in [6.07, 6.45) is 2.19. The number of rotatable bonds is 7. The van der Waals surface area contributed by atoms with Crippen LogP contribution in [0.4, 0.5) is 0 Å². The molecule has 0 aliphatic carbocycles. The molecule has 1 heterocycles. The Morgan fingerprint density at radius 3 is 2.45 bits per heavy atom. The van der Waals surface area contributed by atoms with Crippen molar-refractivity contribution < 1.29 is 0 Å². The summed E-state index contributed by atoms with van der Waals surface area (Å²) in [5, 5.41) is 0. The van der Waals surface area contributed by atoms with Gasteiger partial charge in [0, 0.05) is 51.1 Å². The van der Waals surface area contributed by atoms with Gasteiger partial charge in [-0.05, 0) is 38.4 Å². The molecule has 0 bridgehead atoms. The number of benzene rings is 1. The molecule has 1 saturated heterocycles. The number of hydrogen-bond acceptors (Lipinski definition) is 4. The maximum Gasteiger partial charge on any atom is 0.0313 e. The number of thioether (sulfide) groups is 1. The lowest BCUT2D eigenvalue weighted by molar-refractivity contribution is 0.133. The monoisotopic (exact) mass is 321 g/mol. The highest BCUT2D eigenvalue weighted by atomic mass is 32.2. The Hall–Kier alpha value is -0.550. The molecule has 1 aromatic rings. The van der Waals surface area contributed by atoms with E-state index in [1.54, 1.807) is 0 Å². The fraction of sp³-hybridized carbons (Fsp3) is 0.667. The molecule has 22 heavy (non-hydrogen) atoms. The van der Waals surface area contributed by atoms with Gasteiger partial charge in [0.25, 0.3) is 0 Å². The SMILES string of the molecule is CSCCN1CCN(Cc2cccc([C@H](C)N(C)C)c2)CC1. The van der Waals surface area contributed by atoms with E-state index in [0.29, 0.717) is 6.04 Å². The van der Waals surface area contributed by atoms with Crippen LogP contribution in [-0.2, 0) is 6.54 Å². The molecular formula is C18H31N3S. The van der Waals surface area contributed by atoms with E-state index in [-0.39, 0.29) is 0 Å². The van der Waals surface area contributed by atoms with E-state index >= 15 is 0 Å². The van der Waals surface area contributed by atoms with E-state index in [9.17, 15) is 0 Å². The highest BCUT2D eigenvalue weighted by Gasteiger charge is 2.17. The van der Waals surface area contributed by atoms with Crippen LogP contribution in [0, 0.1) is 0 Å². The summed E-state index contributed by atoms with van der Waals surface area (Å²) in [6, 6.07) is 9.58. The Balaban J connectivity index is 1.86. The third-order valence-electron chi connectivity index (χ3n) is 4.69. The molecule has 1 aromatic carbocycles. The first-order chi connectivity index (χ1) is 10.6. The number of nitrogens with zero attached hydrogens (tertiary/aromatic N) is 3. The largest absolute Gasteiger partial charge is 0.303 e. The third-order valence-corrected chi connectivity index (χ3v) is 5.28. The molecule has 0 amide bonds. The molecule has 0 radical (unpaired) electrons. The standard InChI is InChI=1S/C18H31N3S/c1-16(19(2)3)18-7-5-6-17(14-18)15-21-10-8-20(9-11-21)12-13-22-4/h5-7,14,16H,8-13,15H2,1-4H3/t16-/m0/s1. The highest BCUT2D eigenvalue weighted by molar-refractivity contribution is 7.98. The molecule has 1 aliphatic heterocycles. The lowest BCUT2D eigenvalue weighted by Crippen LogP contribution is -2.46. The van der Waals surface area contributed by atoms with Gasteiger partial charge < -0.3 is 4.90 Å².